The van der Waals surface area contributed by atoms with Crippen molar-refractivity contribution in [2.45, 2.75) is 32.8 Å². The third kappa shape index (κ3) is 7.28. The van der Waals surface area contributed by atoms with Gasteiger partial charge < -0.3 is 15.4 Å². The van der Waals surface area contributed by atoms with E-state index in [2.05, 4.69) is 10.6 Å². The third-order valence-electron chi connectivity index (χ3n) is 2.20. The Hall–Kier alpha value is -1.78. The molecular formula is C14H21FN2O2. The van der Waals surface area contributed by atoms with Gasteiger partial charge in [0.15, 0.2) is 0 Å². The van der Waals surface area contributed by atoms with E-state index in [-0.39, 0.29) is 5.82 Å². The van der Waals surface area contributed by atoms with Crippen LogP contribution in [0.2, 0.25) is 0 Å². The molecule has 0 aromatic heterocycles. The average Bonchev–Trinajstić information content (AvgIpc) is 2.29. The predicted molar refractivity (Wildman–Crippen MR) is 73.7 cm³/mol. The summed E-state index contributed by atoms with van der Waals surface area (Å²) in [6, 6.07) is 6.16. The number of benzene rings is 1. The highest BCUT2D eigenvalue weighted by atomic mass is 19.1. The van der Waals surface area contributed by atoms with Crippen molar-refractivity contribution < 1.29 is 13.9 Å². The normalized spacial score (nSPS) is 10.9. The maximum Gasteiger partial charge on any atom is 0.407 e. The molecule has 106 valence electrons. The second kappa shape index (κ2) is 6.97. The number of carbonyl (C=O) groups is 1. The zero-order chi connectivity index (χ0) is 14.3. The van der Waals surface area contributed by atoms with Gasteiger partial charge in [0.1, 0.15) is 11.4 Å². The van der Waals surface area contributed by atoms with Gasteiger partial charge in [-0.05, 0) is 51.5 Å². The number of nitrogens with one attached hydrogen (secondary N) is 2. The number of rotatable bonds is 5. The Balaban J connectivity index is 2.11. The molecule has 19 heavy (non-hydrogen) atoms. The molecule has 0 aliphatic carbocycles. The number of ether oxygens (including phenoxy) is 1. The monoisotopic (exact) mass is 268 g/mol. The first-order valence-electron chi connectivity index (χ1n) is 6.33. The lowest BCUT2D eigenvalue weighted by Crippen LogP contribution is -2.33. The Morgan fingerprint density at radius 1 is 1.21 bits per heavy atom. The molecular weight excluding hydrogens is 247 g/mol. The molecule has 0 aliphatic heterocycles. The van der Waals surface area contributed by atoms with E-state index in [1.807, 2.05) is 20.8 Å². The van der Waals surface area contributed by atoms with Crippen molar-refractivity contribution in [2.75, 3.05) is 18.4 Å². The number of alkyl carbamates (subject to hydrolysis) is 1. The molecule has 1 amide bonds. The second-order valence-corrected chi connectivity index (χ2v) is 5.22. The van der Waals surface area contributed by atoms with Crippen LogP contribution in [0, 0.1) is 5.82 Å². The van der Waals surface area contributed by atoms with Gasteiger partial charge in [-0.2, -0.15) is 0 Å². The molecule has 0 atom stereocenters. The van der Waals surface area contributed by atoms with Crippen LogP contribution in [0.1, 0.15) is 27.2 Å². The molecule has 5 heteroatoms. The molecule has 1 rings (SSSR count). The van der Waals surface area contributed by atoms with Crippen LogP contribution in [0.25, 0.3) is 0 Å². The van der Waals surface area contributed by atoms with Gasteiger partial charge in [-0.3, -0.25) is 0 Å². The molecule has 0 spiro atoms. The van der Waals surface area contributed by atoms with Gasteiger partial charge in [0, 0.05) is 18.8 Å². The largest absolute Gasteiger partial charge is 0.444 e. The number of anilines is 1. The topological polar surface area (TPSA) is 50.4 Å². The molecule has 0 aliphatic rings. The molecule has 0 fully saturated rings. The highest BCUT2D eigenvalue weighted by molar-refractivity contribution is 5.67. The lowest BCUT2D eigenvalue weighted by molar-refractivity contribution is 0.0528. The lowest BCUT2D eigenvalue weighted by Gasteiger charge is -2.19. The van der Waals surface area contributed by atoms with E-state index in [1.165, 1.54) is 12.1 Å². The first-order valence-corrected chi connectivity index (χ1v) is 6.33. The van der Waals surface area contributed by atoms with Crippen LogP contribution in [0.5, 0.6) is 0 Å². The van der Waals surface area contributed by atoms with E-state index < -0.39 is 11.7 Å². The van der Waals surface area contributed by atoms with Crippen molar-refractivity contribution in [1.82, 2.24) is 5.32 Å². The standard InChI is InChI=1S/C14H21FN2O2/c1-14(2,3)19-13(18)17-10-4-9-16-12-7-5-11(15)6-8-12/h5-8,16H,4,9-10H2,1-3H3,(H,17,18). The fourth-order valence-electron chi connectivity index (χ4n) is 1.39. The van der Waals surface area contributed by atoms with Crippen LogP contribution < -0.4 is 10.6 Å². The summed E-state index contributed by atoms with van der Waals surface area (Å²) in [4.78, 5) is 11.3. The Morgan fingerprint density at radius 3 is 2.42 bits per heavy atom. The molecule has 0 saturated carbocycles. The Kier molecular flexibility index (Phi) is 5.60. The van der Waals surface area contributed by atoms with Crippen LogP contribution in [0.4, 0.5) is 14.9 Å². The van der Waals surface area contributed by atoms with E-state index in [1.54, 1.807) is 12.1 Å². The van der Waals surface area contributed by atoms with Crippen molar-refractivity contribution >= 4 is 11.8 Å². The van der Waals surface area contributed by atoms with E-state index in [0.29, 0.717) is 13.1 Å². The number of halogens is 1. The number of hydrogen-bond acceptors (Lipinski definition) is 3. The van der Waals surface area contributed by atoms with Crippen LogP contribution in [-0.4, -0.2) is 24.8 Å². The Bertz CT molecular complexity index is 399. The molecule has 0 heterocycles. The van der Waals surface area contributed by atoms with Crippen LogP contribution >= 0.6 is 0 Å². The summed E-state index contributed by atoms with van der Waals surface area (Å²) in [5.41, 5.74) is 0.384. The van der Waals surface area contributed by atoms with Gasteiger partial charge in [-0.25, -0.2) is 9.18 Å². The third-order valence-corrected chi connectivity index (χ3v) is 2.20. The molecule has 2 N–H and O–H groups in total. The smallest absolute Gasteiger partial charge is 0.407 e. The van der Waals surface area contributed by atoms with Gasteiger partial charge in [-0.15, -0.1) is 0 Å². The van der Waals surface area contributed by atoms with Gasteiger partial charge in [0.2, 0.25) is 0 Å². The average molecular weight is 268 g/mol. The quantitative estimate of drug-likeness (QED) is 0.806. The zero-order valence-electron chi connectivity index (χ0n) is 11.6. The Labute approximate surface area is 113 Å². The van der Waals surface area contributed by atoms with Crippen LogP contribution in [0.15, 0.2) is 24.3 Å². The molecule has 1 aromatic carbocycles. The summed E-state index contributed by atoms with van der Waals surface area (Å²) in [5.74, 6) is -0.253. The SMILES string of the molecule is CC(C)(C)OC(=O)NCCCNc1ccc(F)cc1. The maximum absolute atomic E-state index is 12.7. The molecule has 0 radical (unpaired) electrons. The zero-order valence-corrected chi connectivity index (χ0v) is 11.6. The Morgan fingerprint density at radius 2 is 1.84 bits per heavy atom. The molecule has 4 nitrogen and oxygen atoms in total. The highest BCUT2D eigenvalue weighted by Crippen LogP contribution is 2.08. The van der Waals surface area contributed by atoms with Crippen LogP contribution in [-0.2, 0) is 4.74 Å². The fraction of sp³-hybridized carbons (Fsp3) is 0.500. The minimum atomic E-state index is -0.476. The second-order valence-electron chi connectivity index (χ2n) is 5.22. The van der Waals surface area contributed by atoms with E-state index in [4.69, 9.17) is 4.74 Å². The van der Waals surface area contributed by atoms with Crippen molar-refractivity contribution in [3.63, 3.8) is 0 Å². The van der Waals surface area contributed by atoms with Gasteiger partial charge in [0.05, 0.1) is 0 Å². The molecule has 1 aromatic rings. The van der Waals surface area contributed by atoms with E-state index in [0.717, 1.165) is 12.1 Å². The van der Waals surface area contributed by atoms with Gasteiger partial charge >= 0.3 is 6.09 Å². The summed E-state index contributed by atoms with van der Waals surface area (Å²) in [6.07, 6.45) is 0.352. The summed E-state index contributed by atoms with van der Waals surface area (Å²) < 4.78 is 17.8. The molecule has 0 bridgehead atoms. The van der Waals surface area contributed by atoms with Gasteiger partial charge in [-0.1, -0.05) is 0 Å². The number of amides is 1. The minimum Gasteiger partial charge on any atom is -0.444 e. The molecule has 0 saturated heterocycles. The minimum absolute atomic E-state index is 0.253. The first-order chi connectivity index (χ1) is 8.87. The van der Waals surface area contributed by atoms with Crippen molar-refractivity contribution in [3.8, 4) is 0 Å². The summed E-state index contributed by atoms with van der Waals surface area (Å²) >= 11 is 0. The van der Waals surface area contributed by atoms with Crippen molar-refractivity contribution in [2.24, 2.45) is 0 Å². The number of carbonyl (C=O) groups excluding carboxylic acids is 1. The van der Waals surface area contributed by atoms with Crippen molar-refractivity contribution in [1.29, 1.82) is 0 Å². The summed E-state index contributed by atoms with van der Waals surface area (Å²) in [5, 5.41) is 5.81. The predicted octanol–water partition coefficient (Wildman–Crippen LogP) is 3.15. The molecule has 0 unspecified atom stereocenters. The maximum atomic E-state index is 12.7. The lowest BCUT2D eigenvalue weighted by atomic mass is 10.2. The van der Waals surface area contributed by atoms with E-state index in [9.17, 15) is 9.18 Å². The number of hydrogen-bond donors (Lipinski definition) is 2. The summed E-state index contributed by atoms with van der Waals surface area (Å²) in [6.45, 7) is 6.69. The summed E-state index contributed by atoms with van der Waals surface area (Å²) in [7, 11) is 0. The van der Waals surface area contributed by atoms with Crippen LogP contribution in [0.3, 0.4) is 0 Å². The van der Waals surface area contributed by atoms with E-state index >= 15 is 0 Å². The highest BCUT2D eigenvalue weighted by Gasteiger charge is 2.15. The fourth-order valence-corrected chi connectivity index (χ4v) is 1.39. The first kappa shape index (κ1) is 15.3. The van der Waals surface area contributed by atoms with Crippen molar-refractivity contribution in [3.05, 3.63) is 30.1 Å². The van der Waals surface area contributed by atoms with Gasteiger partial charge in [0.25, 0.3) is 0 Å².